The molecule has 1 nitrogen and oxygen atoms in total. The van der Waals surface area contributed by atoms with E-state index < -0.39 is 0 Å². The average molecular weight is 208 g/mol. The predicted molar refractivity (Wildman–Crippen MR) is 64.1 cm³/mol. The van der Waals surface area contributed by atoms with E-state index >= 15 is 0 Å². The fourth-order valence-corrected chi connectivity index (χ4v) is 1.37. The Bertz CT molecular complexity index is 293. The molecular weight excluding hydrogens is 194 g/mol. The Balaban J connectivity index is 2.80. The molecule has 0 amide bonds. The van der Waals surface area contributed by atoms with E-state index in [4.69, 9.17) is 11.6 Å². The van der Waals surface area contributed by atoms with Gasteiger partial charge in [-0.1, -0.05) is 23.8 Å². The molecule has 0 heterocycles. The normalized spacial score (nSPS) is 9.50. The maximum atomic E-state index is 5.81. The SMILES string of the molecule is C=CCN(CC=C)c1ccc(Cl)cc1. The predicted octanol–water partition coefficient (Wildman–Crippen LogP) is 3.52. The number of halogens is 1. The molecule has 0 saturated carbocycles. The molecule has 2 heteroatoms. The van der Waals surface area contributed by atoms with Gasteiger partial charge < -0.3 is 4.90 Å². The van der Waals surface area contributed by atoms with E-state index in [0.29, 0.717) is 0 Å². The van der Waals surface area contributed by atoms with Gasteiger partial charge in [-0.15, -0.1) is 13.2 Å². The van der Waals surface area contributed by atoms with Gasteiger partial charge in [0, 0.05) is 23.8 Å². The van der Waals surface area contributed by atoms with Gasteiger partial charge in [-0.3, -0.25) is 0 Å². The van der Waals surface area contributed by atoms with Crippen molar-refractivity contribution in [2.75, 3.05) is 18.0 Å². The molecule has 14 heavy (non-hydrogen) atoms. The van der Waals surface area contributed by atoms with Crippen LogP contribution in [0.4, 0.5) is 5.69 Å². The lowest BCUT2D eigenvalue weighted by Crippen LogP contribution is -2.22. The molecule has 0 unspecified atom stereocenters. The van der Waals surface area contributed by atoms with Crippen LogP contribution in [0, 0.1) is 0 Å². The number of rotatable bonds is 5. The summed E-state index contributed by atoms with van der Waals surface area (Å²) in [5.74, 6) is 0. The molecular formula is C12H14ClN. The van der Waals surface area contributed by atoms with E-state index in [9.17, 15) is 0 Å². The minimum atomic E-state index is 0.755. The second-order valence-electron chi connectivity index (χ2n) is 2.96. The number of nitrogens with zero attached hydrogens (tertiary/aromatic N) is 1. The number of hydrogen-bond acceptors (Lipinski definition) is 1. The van der Waals surface area contributed by atoms with Crippen molar-refractivity contribution >= 4 is 17.3 Å². The summed E-state index contributed by atoms with van der Waals surface area (Å²) in [6.07, 6.45) is 3.75. The van der Waals surface area contributed by atoms with Gasteiger partial charge in [-0.25, -0.2) is 0 Å². The number of hydrogen-bond donors (Lipinski definition) is 0. The topological polar surface area (TPSA) is 3.24 Å². The van der Waals surface area contributed by atoms with E-state index in [1.807, 2.05) is 36.4 Å². The van der Waals surface area contributed by atoms with Crippen molar-refractivity contribution in [1.29, 1.82) is 0 Å². The Morgan fingerprint density at radius 3 is 2.00 bits per heavy atom. The van der Waals surface area contributed by atoms with Gasteiger partial charge in [0.25, 0.3) is 0 Å². The van der Waals surface area contributed by atoms with Crippen molar-refractivity contribution < 1.29 is 0 Å². The van der Waals surface area contributed by atoms with Crippen LogP contribution in [-0.4, -0.2) is 13.1 Å². The van der Waals surface area contributed by atoms with Crippen LogP contribution in [0.2, 0.25) is 5.02 Å². The molecule has 0 aliphatic heterocycles. The lowest BCUT2D eigenvalue weighted by molar-refractivity contribution is 0.957. The van der Waals surface area contributed by atoms with Crippen LogP contribution in [0.5, 0.6) is 0 Å². The lowest BCUT2D eigenvalue weighted by atomic mass is 10.3. The fourth-order valence-electron chi connectivity index (χ4n) is 1.25. The molecule has 0 aromatic heterocycles. The minimum absolute atomic E-state index is 0.755. The molecule has 0 aliphatic rings. The summed E-state index contributed by atoms with van der Waals surface area (Å²) >= 11 is 5.81. The zero-order valence-electron chi connectivity index (χ0n) is 8.12. The van der Waals surface area contributed by atoms with Crippen LogP contribution >= 0.6 is 11.6 Å². The summed E-state index contributed by atoms with van der Waals surface area (Å²) in [5, 5.41) is 0.755. The Morgan fingerprint density at radius 1 is 1.07 bits per heavy atom. The van der Waals surface area contributed by atoms with Crippen molar-refractivity contribution in [3.05, 3.63) is 54.6 Å². The molecule has 0 atom stereocenters. The van der Waals surface area contributed by atoms with Crippen LogP contribution in [0.1, 0.15) is 0 Å². The fraction of sp³-hybridized carbons (Fsp3) is 0.167. The van der Waals surface area contributed by atoms with Crippen molar-refractivity contribution in [2.45, 2.75) is 0 Å². The zero-order valence-corrected chi connectivity index (χ0v) is 8.87. The van der Waals surface area contributed by atoms with Crippen molar-refractivity contribution in [3.8, 4) is 0 Å². The first-order chi connectivity index (χ1) is 6.77. The summed E-state index contributed by atoms with van der Waals surface area (Å²) in [5.41, 5.74) is 1.13. The highest BCUT2D eigenvalue weighted by molar-refractivity contribution is 6.30. The summed E-state index contributed by atoms with van der Waals surface area (Å²) in [7, 11) is 0. The third-order valence-corrected chi connectivity index (χ3v) is 2.14. The minimum Gasteiger partial charge on any atom is -0.364 e. The highest BCUT2D eigenvalue weighted by atomic mass is 35.5. The second-order valence-corrected chi connectivity index (χ2v) is 3.40. The standard InChI is InChI=1S/C12H14ClN/c1-3-9-14(10-4-2)12-7-5-11(13)6-8-12/h3-8H,1-2,9-10H2. The van der Waals surface area contributed by atoms with E-state index in [0.717, 1.165) is 23.8 Å². The maximum absolute atomic E-state index is 5.81. The van der Waals surface area contributed by atoms with Crippen molar-refractivity contribution in [3.63, 3.8) is 0 Å². The Morgan fingerprint density at radius 2 is 1.57 bits per heavy atom. The van der Waals surface area contributed by atoms with Crippen LogP contribution in [0.25, 0.3) is 0 Å². The lowest BCUT2D eigenvalue weighted by Gasteiger charge is -2.21. The third-order valence-electron chi connectivity index (χ3n) is 1.89. The molecule has 0 aliphatic carbocycles. The van der Waals surface area contributed by atoms with Crippen LogP contribution in [0.3, 0.4) is 0 Å². The maximum Gasteiger partial charge on any atom is 0.0407 e. The molecule has 0 fully saturated rings. The molecule has 0 bridgehead atoms. The zero-order chi connectivity index (χ0) is 10.4. The molecule has 1 aromatic carbocycles. The first-order valence-corrected chi connectivity index (χ1v) is 4.88. The van der Waals surface area contributed by atoms with Gasteiger partial charge >= 0.3 is 0 Å². The van der Waals surface area contributed by atoms with E-state index in [2.05, 4.69) is 18.1 Å². The molecule has 1 rings (SSSR count). The smallest absolute Gasteiger partial charge is 0.0407 e. The van der Waals surface area contributed by atoms with Crippen LogP contribution < -0.4 is 4.90 Å². The Labute approximate surface area is 90.3 Å². The molecule has 0 spiro atoms. The summed E-state index contributed by atoms with van der Waals surface area (Å²) in [6, 6.07) is 7.76. The Hall–Kier alpha value is -1.21. The summed E-state index contributed by atoms with van der Waals surface area (Å²) in [6.45, 7) is 9.07. The highest BCUT2D eigenvalue weighted by Crippen LogP contribution is 2.17. The van der Waals surface area contributed by atoms with E-state index in [1.165, 1.54) is 0 Å². The quantitative estimate of drug-likeness (QED) is 0.668. The van der Waals surface area contributed by atoms with E-state index in [-0.39, 0.29) is 0 Å². The van der Waals surface area contributed by atoms with Crippen molar-refractivity contribution in [1.82, 2.24) is 0 Å². The first-order valence-electron chi connectivity index (χ1n) is 4.50. The van der Waals surface area contributed by atoms with Gasteiger partial charge in [0.05, 0.1) is 0 Å². The van der Waals surface area contributed by atoms with E-state index in [1.54, 1.807) is 0 Å². The van der Waals surface area contributed by atoms with Gasteiger partial charge in [0.1, 0.15) is 0 Å². The van der Waals surface area contributed by atoms with Crippen LogP contribution in [0.15, 0.2) is 49.6 Å². The van der Waals surface area contributed by atoms with Crippen LogP contribution in [-0.2, 0) is 0 Å². The monoisotopic (exact) mass is 207 g/mol. The largest absolute Gasteiger partial charge is 0.364 e. The van der Waals surface area contributed by atoms with Gasteiger partial charge in [-0.2, -0.15) is 0 Å². The van der Waals surface area contributed by atoms with Gasteiger partial charge in [-0.05, 0) is 24.3 Å². The molecule has 1 aromatic rings. The highest BCUT2D eigenvalue weighted by Gasteiger charge is 2.01. The Kier molecular flexibility index (Phi) is 4.27. The average Bonchev–Trinajstić information content (AvgIpc) is 2.19. The summed E-state index contributed by atoms with van der Waals surface area (Å²) < 4.78 is 0. The van der Waals surface area contributed by atoms with Crippen molar-refractivity contribution in [2.24, 2.45) is 0 Å². The summed E-state index contributed by atoms with van der Waals surface area (Å²) in [4.78, 5) is 2.16. The molecule has 0 radical (unpaired) electrons. The molecule has 0 saturated heterocycles. The number of anilines is 1. The number of benzene rings is 1. The third kappa shape index (κ3) is 2.93. The first kappa shape index (κ1) is 10.9. The molecule has 74 valence electrons. The second kappa shape index (κ2) is 5.51. The van der Waals surface area contributed by atoms with Gasteiger partial charge in [0.15, 0.2) is 0 Å². The van der Waals surface area contributed by atoms with Gasteiger partial charge in [0.2, 0.25) is 0 Å². The molecule has 0 N–H and O–H groups in total.